The van der Waals surface area contributed by atoms with E-state index in [0.29, 0.717) is 28.4 Å². The molecule has 0 radical (unpaired) electrons. The molecule has 1 atom stereocenters. The van der Waals surface area contributed by atoms with Gasteiger partial charge in [-0.2, -0.15) is 5.10 Å². The summed E-state index contributed by atoms with van der Waals surface area (Å²) in [6.45, 7) is 0.168. The molecule has 3 amide bonds. The van der Waals surface area contributed by atoms with E-state index in [2.05, 4.69) is 15.2 Å². The summed E-state index contributed by atoms with van der Waals surface area (Å²) in [6, 6.07) is 11.4. The molecular formula is C21H15N5O5S. The smallest absolute Gasteiger partial charge is 0.248 e. The van der Waals surface area contributed by atoms with Gasteiger partial charge in [-0.15, -0.1) is 5.10 Å². The molecule has 11 heteroatoms. The van der Waals surface area contributed by atoms with Gasteiger partial charge < -0.3 is 15.2 Å². The second-order valence-electron chi connectivity index (χ2n) is 6.98. The SMILES string of the molecule is NC(=O)c1ccc(N2C(=O)CC(Sc3nncc(-c4ccc5c(c4)OCO5)n3)C2=O)cc1. The first-order valence-electron chi connectivity index (χ1n) is 9.52. The van der Waals surface area contributed by atoms with E-state index in [-0.39, 0.29) is 30.2 Å². The van der Waals surface area contributed by atoms with Gasteiger partial charge in [-0.1, -0.05) is 11.8 Å². The zero-order valence-corrected chi connectivity index (χ0v) is 17.2. The van der Waals surface area contributed by atoms with Gasteiger partial charge in [0, 0.05) is 17.5 Å². The highest BCUT2D eigenvalue weighted by Crippen LogP contribution is 2.36. The standard InChI is InChI=1S/C21H15N5O5S/c22-19(28)11-1-4-13(5-2-11)26-18(27)8-17(20(26)29)32-21-24-14(9-23-25-21)12-3-6-15-16(7-12)31-10-30-15/h1-7,9,17H,8,10H2,(H2,22,28). The van der Waals surface area contributed by atoms with Crippen LogP contribution in [0.3, 0.4) is 0 Å². The van der Waals surface area contributed by atoms with Crippen molar-refractivity contribution in [1.29, 1.82) is 0 Å². The number of rotatable bonds is 5. The summed E-state index contributed by atoms with van der Waals surface area (Å²) in [4.78, 5) is 42.2. The minimum Gasteiger partial charge on any atom is -0.454 e. The fraction of sp³-hybridized carbons (Fsp3) is 0.143. The van der Waals surface area contributed by atoms with Crippen molar-refractivity contribution in [3.63, 3.8) is 0 Å². The maximum atomic E-state index is 12.9. The molecule has 2 aliphatic heterocycles. The van der Waals surface area contributed by atoms with Crippen molar-refractivity contribution in [2.24, 2.45) is 5.73 Å². The molecule has 0 aliphatic carbocycles. The van der Waals surface area contributed by atoms with E-state index in [4.69, 9.17) is 15.2 Å². The molecule has 10 nitrogen and oxygen atoms in total. The van der Waals surface area contributed by atoms with Crippen LogP contribution < -0.4 is 20.1 Å². The number of primary amides is 1. The molecule has 0 saturated carbocycles. The largest absolute Gasteiger partial charge is 0.454 e. The van der Waals surface area contributed by atoms with Crippen LogP contribution in [0, 0.1) is 0 Å². The predicted molar refractivity (Wildman–Crippen MR) is 113 cm³/mol. The van der Waals surface area contributed by atoms with E-state index in [1.807, 2.05) is 6.07 Å². The van der Waals surface area contributed by atoms with E-state index >= 15 is 0 Å². The van der Waals surface area contributed by atoms with Gasteiger partial charge in [0.05, 0.1) is 17.6 Å². The number of anilines is 1. The van der Waals surface area contributed by atoms with Gasteiger partial charge in [0.15, 0.2) is 11.5 Å². The van der Waals surface area contributed by atoms with Crippen LogP contribution in [0.25, 0.3) is 11.3 Å². The maximum absolute atomic E-state index is 12.9. The molecule has 160 valence electrons. The van der Waals surface area contributed by atoms with Crippen LogP contribution in [0.4, 0.5) is 5.69 Å². The summed E-state index contributed by atoms with van der Waals surface area (Å²) in [5, 5.41) is 7.57. The normalized spacial score (nSPS) is 17.1. The Morgan fingerprint density at radius 3 is 2.66 bits per heavy atom. The van der Waals surface area contributed by atoms with E-state index in [0.717, 1.165) is 22.2 Å². The molecule has 1 fully saturated rings. The Kier molecular flexibility index (Phi) is 4.94. The summed E-state index contributed by atoms with van der Waals surface area (Å²) in [5.74, 6) is -0.0478. The number of benzene rings is 2. The molecular weight excluding hydrogens is 434 g/mol. The second-order valence-corrected chi connectivity index (χ2v) is 8.15. The summed E-state index contributed by atoms with van der Waals surface area (Å²) >= 11 is 1.08. The van der Waals surface area contributed by atoms with E-state index in [1.165, 1.54) is 30.5 Å². The Morgan fingerprint density at radius 1 is 1.09 bits per heavy atom. The Bertz CT molecular complexity index is 1250. The van der Waals surface area contributed by atoms with Crippen molar-refractivity contribution < 1.29 is 23.9 Å². The van der Waals surface area contributed by atoms with E-state index < -0.39 is 11.2 Å². The lowest BCUT2D eigenvalue weighted by Gasteiger charge is -2.15. The number of fused-ring (bicyclic) bond motifs is 1. The lowest BCUT2D eigenvalue weighted by molar-refractivity contribution is -0.121. The predicted octanol–water partition coefficient (Wildman–Crippen LogP) is 1.79. The van der Waals surface area contributed by atoms with Crippen LogP contribution >= 0.6 is 11.8 Å². The third kappa shape index (κ3) is 3.62. The Balaban J connectivity index is 1.34. The summed E-state index contributed by atoms with van der Waals surface area (Å²) in [6.07, 6.45) is 1.51. The molecule has 0 spiro atoms. The number of thioether (sulfide) groups is 1. The quantitative estimate of drug-likeness (QED) is 0.578. The average molecular weight is 449 g/mol. The van der Waals surface area contributed by atoms with Crippen LogP contribution in [0.2, 0.25) is 0 Å². The molecule has 5 rings (SSSR count). The minimum atomic E-state index is -0.688. The highest BCUT2D eigenvalue weighted by molar-refractivity contribution is 8.00. The first-order valence-corrected chi connectivity index (χ1v) is 10.4. The fourth-order valence-electron chi connectivity index (χ4n) is 3.40. The number of imide groups is 1. The van der Waals surface area contributed by atoms with Crippen LogP contribution in [0.15, 0.2) is 53.8 Å². The third-order valence-electron chi connectivity index (χ3n) is 4.97. The average Bonchev–Trinajstić information content (AvgIpc) is 3.37. The zero-order chi connectivity index (χ0) is 22.2. The lowest BCUT2D eigenvalue weighted by Crippen LogP contribution is -2.31. The summed E-state index contributed by atoms with van der Waals surface area (Å²) in [5.41, 5.74) is 7.22. The number of nitrogens with two attached hydrogens (primary N) is 1. The number of nitrogens with zero attached hydrogens (tertiary/aromatic N) is 4. The highest BCUT2D eigenvalue weighted by atomic mass is 32.2. The van der Waals surface area contributed by atoms with Crippen molar-refractivity contribution in [3.05, 3.63) is 54.2 Å². The molecule has 1 aromatic heterocycles. The number of hydrogen-bond acceptors (Lipinski definition) is 9. The van der Waals surface area contributed by atoms with Gasteiger partial charge >= 0.3 is 0 Å². The molecule has 3 aromatic rings. The number of hydrogen-bond donors (Lipinski definition) is 1. The summed E-state index contributed by atoms with van der Waals surface area (Å²) < 4.78 is 10.7. The monoisotopic (exact) mass is 449 g/mol. The number of carbonyl (C=O) groups excluding carboxylic acids is 3. The molecule has 2 aromatic carbocycles. The van der Waals surface area contributed by atoms with Gasteiger partial charge in [-0.3, -0.25) is 14.4 Å². The maximum Gasteiger partial charge on any atom is 0.248 e. The van der Waals surface area contributed by atoms with Crippen LogP contribution in [0.5, 0.6) is 11.5 Å². The van der Waals surface area contributed by atoms with E-state index in [9.17, 15) is 14.4 Å². The molecule has 0 bridgehead atoms. The van der Waals surface area contributed by atoms with Crippen molar-refractivity contribution in [1.82, 2.24) is 15.2 Å². The Morgan fingerprint density at radius 2 is 1.88 bits per heavy atom. The van der Waals surface area contributed by atoms with Gasteiger partial charge in [-0.05, 0) is 42.5 Å². The van der Waals surface area contributed by atoms with Gasteiger partial charge in [-0.25, -0.2) is 9.88 Å². The number of ether oxygens (including phenoxy) is 2. The topological polar surface area (TPSA) is 138 Å². The van der Waals surface area contributed by atoms with Gasteiger partial charge in [0.1, 0.15) is 5.25 Å². The molecule has 2 N–H and O–H groups in total. The molecule has 3 heterocycles. The second kappa shape index (κ2) is 7.93. The Hall–Kier alpha value is -3.99. The van der Waals surface area contributed by atoms with Gasteiger partial charge in [0.2, 0.25) is 29.7 Å². The highest BCUT2D eigenvalue weighted by Gasteiger charge is 2.40. The van der Waals surface area contributed by atoms with Crippen molar-refractivity contribution in [2.75, 3.05) is 11.7 Å². The first-order chi connectivity index (χ1) is 15.5. The molecule has 1 unspecified atom stereocenters. The summed E-state index contributed by atoms with van der Waals surface area (Å²) in [7, 11) is 0. The molecule has 32 heavy (non-hydrogen) atoms. The van der Waals surface area contributed by atoms with Crippen molar-refractivity contribution >= 4 is 35.2 Å². The third-order valence-corrected chi connectivity index (χ3v) is 6.01. The van der Waals surface area contributed by atoms with E-state index in [1.54, 1.807) is 12.1 Å². The molecule has 2 aliphatic rings. The van der Waals surface area contributed by atoms with Crippen molar-refractivity contribution in [2.45, 2.75) is 16.8 Å². The number of aromatic nitrogens is 3. The van der Waals surface area contributed by atoms with Crippen LogP contribution in [0.1, 0.15) is 16.8 Å². The van der Waals surface area contributed by atoms with Crippen LogP contribution in [-0.2, 0) is 9.59 Å². The zero-order valence-electron chi connectivity index (χ0n) is 16.4. The first kappa shape index (κ1) is 19.9. The Labute approximate surface area is 185 Å². The van der Waals surface area contributed by atoms with Crippen molar-refractivity contribution in [3.8, 4) is 22.8 Å². The van der Waals surface area contributed by atoms with Crippen LogP contribution in [-0.4, -0.2) is 44.9 Å². The number of amides is 3. The number of carbonyl (C=O) groups is 3. The lowest BCUT2D eigenvalue weighted by atomic mass is 10.1. The fourth-order valence-corrected chi connectivity index (χ4v) is 4.33. The molecule has 1 saturated heterocycles. The van der Waals surface area contributed by atoms with Gasteiger partial charge in [0.25, 0.3) is 0 Å². The minimum absolute atomic E-state index is 0.00131.